The maximum absolute atomic E-state index is 13.1. The van der Waals surface area contributed by atoms with Crippen molar-refractivity contribution in [1.29, 1.82) is 0 Å². The Morgan fingerprint density at radius 1 is 1.18 bits per heavy atom. The van der Waals surface area contributed by atoms with Crippen LogP contribution < -0.4 is 9.80 Å². The second-order valence-corrected chi connectivity index (χ2v) is 12.3. The number of halogens is 1. The van der Waals surface area contributed by atoms with Crippen molar-refractivity contribution in [1.82, 2.24) is 19.9 Å². The molecular weight excluding hydrogens is 456 g/mol. The Morgan fingerprint density at radius 2 is 1.91 bits per heavy atom. The standard InChI is InChI=1S/C24H31ClN6OS/c1-15-11-26-18(10-17(15)25)31-13-23(3,4)19-20(27-14-28-21(19)31)29-7-8-30(16(2)12-29)22(32)24(5)6-9-33-24/h10-11,14,16H,6-9,12-13H2,1-5H3. The van der Waals surface area contributed by atoms with Crippen molar-refractivity contribution in [3.63, 3.8) is 0 Å². The second-order valence-electron chi connectivity index (χ2n) is 10.3. The van der Waals surface area contributed by atoms with Gasteiger partial charge in [-0.15, -0.1) is 11.8 Å². The fourth-order valence-corrected chi connectivity index (χ4v) is 6.33. The van der Waals surface area contributed by atoms with Gasteiger partial charge >= 0.3 is 0 Å². The molecule has 0 bridgehead atoms. The summed E-state index contributed by atoms with van der Waals surface area (Å²) in [4.78, 5) is 33.7. The van der Waals surface area contributed by atoms with Gasteiger partial charge in [-0.2, -0.15) is 0 Å². The summed E-state index contributed by atoms with van der Waals surface area (Å²) in [6.45, 7) is 13.6. The van der Waals surface area contributed by atoms with Gasteiger partial charge in [-0.3, -0.25) is 4.79 Å². The summed E-state index contributed by atoms with van der Waals surface area (Å²) >= 11 is 8.18. The van der Waals surface area contributed by atoms with E-state index in [0.717, 1.165) is 60.4 Å². The van der Waals surface area contributed by atoms with E-state index in [9.17, 15) is 4.79 Å². The van der Waals surface area contributed by atoms with Crippen LogP contribution in [0.1, 0.15) is 45.2 Å². The van der Waals surface area contributed by atoms with Crippen molar-refractivity contribution in [2.45, 2.75) is 57.2 Å². The van der Waals surface area contributed by atoms with Crippen molar-refractivity contribution in [2.75, 3.05) is 41.7 Å². The molecule has 2 atom stereocenters. The van der Waals surface area contributed by atoms with E-state index in [1.807, 2.05) is 19.2 Å². The predicted octanol–water partition coefficient (Wildman–Crippen LogP) is 4.20. The van der Waals surface area contributed by atoms with Gasteiger partial charge in [0.1, 0.15) is 23.8 Å². The Balaban J connectivity index is 1.44. The number of hydrogen-bond acceptors (Lipinski definition) is 7. The lowest BCUT2D eigenvalue weighted by atomic mass is 9.87. The Labute approximate surface area is 204 Å². The van der Waals surface area contributed by atoms with E-state index < -0.39 is 0 Å². The van der Waals surface area contributed by atoms with E-state index in [4.69, 9.17) is 16.6 Å². The first kappa shape index (κ1) is 22.7. The molecule has 0 radical (unpaired) electrons. The molecular formula is C24H31ClN6OS. The van der Waals surface area contributed by atoms with Gasteiger partial charge in [0, 0.05) is 54.4 Å². The molecule has 1 amide bonds. The van der Waals surface area contributed by atoms with E-state index in [2.05, 4.69) is 52.4 Å². The van der Waals surface area contributed by atoms with Gasteiger partial charge in [0.15, 0.2) is 0 Å². The van der Waals surface area contributed by atoms with Gasteiger partial charge in [-0.25, -0.2) is 15.0 Å². The number of carbonyl (C=O) groups excluding carboxylic acids is 1. The Kier molecular flexibility index (Phi) is 5.52. The first-order valence-electron chi connectivity index (χ1n) is 11.6. The molecule has 2 aromatic heterocycles. The van der Waals surface area contributed by atoms with Crippen LogP contribution in [0.3, 0.4) is 0 Å². The van der Waals surface area contributed by atoms with Crippen LogP contribution in [0.15, 0.2) is 18.6 Å². The van der Waals surface area contributed by atoms with Crippen LogP contribution in [-0.2, 0) is 10.2 Å². The summed E-state index contributed by atoms with van der Waals surface area (Å²) in [7, 11) is 0. The van der Waals surface area contributed by atoms with Crippen LogP contribution in [-0.4, -0.2) is 68.5 Å². The van der Waals surface area contributed by atoms with Crippen LogP contribution in [0, 0.1) is 6.92 Å². The molecule has 0 spiro atoms. The summed E-state index contributed by atoms with van der Waals surface area (Å²) in [5, 5.41) is 0.702. The molecule has 9 heteroatoms. The minimum atomic E-state index is -0.239. The van der Waals surface area contributed by atoms with Gasteiger partial charge < -0.3 is 14.7 Å². The normalized spacial score (nSPS) is 26.2. The van der Waals surface area contributed by atoms with Crippen molar-refractivity contribution in [3.8, 4) is 0 Å². The minimum absolute atomic E-state index is 0.132. The van der Waals surface area contributed by atoms with Crippen LogP contribution in [0.5, 0.6) is 0 Å². The minimum Gasteiger partial charge on any atom is -0.352 e. The number of aryl methyl sites for hydroxylation is 1. The largest absolute Gasteiger partial charge is 0.352 e. The number of carbonyl (C=O) groups is 1. The average Bonchev–Trinajstić information content (AvgIpc) is 3.04. The third kappa shape index (κ3) is 3.75. The lowest BCUT2D eigenvalue weighted by Gasteiger charge is -2.46. The van der Waals surface area contributed by atoms with Gasteiger partial charge in [0.05, 0.1) is 4.75 Å². The SMILES string of the molecule is Cc1cnc(N2CC(C)(C)c3c(N4CCN(C(=O)C5(C)CCS5)C(C)C4)ncnc32)cc1Cl. The summed E-state index contributed by atoms with van der Waals surface area (Å²) < 4.78 is -0.239. The molecule has 0 aromatic carbocycles. The third-order valence-electron chi connectivity index (χ3n) is 7.23. The topological polar surface area (TPSA) is 65.5 Å². The summed E-state index contributed by atoms with van der Waals surface area (Å²) in [5.74, 6) is 4.02. The van der Waals surface area contributed by atoms with Crippen LogP contribution in [0.2, 0.25) is 5.02 Å². The Morgan fingerprint density at radius 3 is 2.55 bits per heavy atom. The lowest BCUT2D eigenvalue weighted by molar-refractivity contribution is -0.136. The number of piperazine rings is 1. The maximum atomic E-state index is 13.1. The Bertz CT molecular complexity index is 1100. The zero-order valence-electron chi connectivity index (χ0n) is 19.9. The lowest BCUT2D eigenvalue weighted by Crippen LogP contribution is -2.60. The maximum Gasteiger partial charge on any atom is 0.238 e. The third-order valence-corrected chi connectivity index (χ3v) is 9.06. The molecule has 2 fully saturated rings. The monoisotopic (exact) mass is 486 g/mol. The smallest absolute Gasteiger partial charge is 0.238 e. The summed E-state index contributed by atoms with van der Waals surface area (Å²) in [6.07, 6.45) is 4.43. The molecule has 5 heterocycles. The molecule has 2 saturated heterocycles. The molecule has 0 saturated carbocycles. The number of pyridine rings is 1. The first-order valence-corrected chi connectivity index (χ1v) is 12.9. The highest BCUT2D eigenvalue weighted by Crippen LogP contribution is 2.47. The molecule has 0 N–H and O–H groups in total. The van der Waals surface area contributed by atoms with Crippen LogP contribution in [0.25, 0.3) is 0 Å². The molecule has 3 aliphatic rings. The quantitative estimate of drug-likeness (QED) is 0.644. The fourth-order valence-electron chi connectivity index (χ4n) is 5.12. The van der Waals surface area contributed by atoms with Gasteiger partial charge in [0.25, 0.3) is 0 Å². The van der Waals surface area contributed by atoms with Crippen LogP contribution in [0.4, 0.5) is 17.5 Å². The average molecular weight is 487 g/mol. The van der Waals surface area contributed by atoms with Gasteiger partial charge in [0.2, 0.25) is 5.91 Å². The van der Waals surface area contributed by atoms with Gasteiger partial charge in [-0.1, -0.05) is 25.4 Å². The van der Waals surface area contributed by atoms with Crippen molar-refractivity contribution >= 4 is 46.7 Å². The highest BCUT2D eigenvalue weighted by Gasteiger charge is 2.46. The number of thioether (sulfide) groups is 1. The van der Waals surface area contributed by atoms with E-state index in [-0.39, 0.29) is 22.1 Å². The molecule has 2 unspecified atom stereocenters. The number of fused-ring (bicyclic) bond motifs is 1. The zero-order valence-corrected chi connectivity index (χ0v) is 21.5. The molecule has 5 rings (SSSR count). The van der Waals surface area contributed by atoms with Crippen molar-refractivity contribution in [2.24, 2.45) is 0 Å². The summed E-state index contributed by atoms with van der Waals surface area (Å²) in [6, 6.07) is 2.04. The predicted molar refractivity (Wildman–Crippen MR) is 135 cm³/mol. The highest BCUT2D eigenvalue weighted by atomic mass is 35.5. The van der Waals surface area contributed by atoms with Crippen LogP contribution >= 0.6 is 23.4 Å². The highest BCUT2D eigenvalue weighted by molar-refractivity contribution is 8.02. The number of aromatic nitrogens is 3. The van der Waals surface area contributed by atoms with E-state index >= 15 is 0 Å². The first-order chi connectivity index (χ1) is 15.6. The number of nitrogens with zero attached hydrogens (tertiary/aromatic N) is 6. The molecule has 7 nitrogen and oxygen atoms in total. The van der Waals surface area contributed by atoms with Gasteiger partial charge in [-0.05, 0) is 44.6 Å². The Hall–Kier alpha value is -2.06. The second kappa shape index (κ2) is 8.01. The van der Waals surface area contributed by atoms with Crippen molar-refractivity contribution < 1.29 is 4.79 Å². The van der Waals surface area contributed by atoms with E-state index in [0.29, 0.717) is 11.6 Å². The molecule has 2 aromatic rings. The summed E-state index contributed by atoms with van der Waals surface area (Å²) in [5.41, 5.74) is 1.94. The zero-order chi connectivity index (χ0) is 23.5. The van der Waals surface area contributed by atoms with Crippen molar-refractivity contribution in [3.05, 3.63) is 34.7 Å². The van der Waals surface area contributed by atoms with E-state index in [1.54, 1.807) is 18.1 Å². The number of anilines is 3. The number of rotatable bonds is 3. The molecule has 33 heavy (non-hydrogen) atoms. The fraction of sp³-hybridized carbons (Fsp3) is 0.583. The van der Waals surface area contributed by atoms with E-state index in [1.165, 1.54) is 0 Å². The molecule has 0 aliphatic carbocycles. The number of hydrogen-bond donors (Lipinski definition) is 0. The number of amides is 1. The molecule has 3 aliphatic heterocycles. The molecule has 176 valence electrons.